The summed E-state index contributed by atoms with van der Waals surface area (Å²) in [5, 5.41) is 0. The SMILES string of the molecule is CC(=O)OCC[C@@H](C[C@H](OC(C)=O)[C@@H](COC(C)=O)OC(C)=O)OC(C)=O. The fraction of sp³-hybridized carbons (Fsp3) is 0.706. The normalized spacial score (nSPS) is 13.5. The number of hydrogen-bond acceptors (Lipinski definition) is 10. The third-order valence-corrected chi connectivity index (χ3v) is 3.07. The Morgan fingerprint density at radius 3 is 1.56 bits per heavy atom. The van der Waals surface area contributed by atoms with Gasteiger partial charge in [-0.25, -0.2) is 0 Å². The van der Waals surface area contributed by atoms with E-state index in [2.05, 4.69) is 0 Å². The van der Waals surface area contributed by atoms with Crippen LogP contribution in [0.2, 0.25) is 0 Å². The highest BCUT2D eigenvalue weighted by Gasteiger charge is 2.32. The van der Waals surface area contributed by atoms with Crippen molar-refractivity contribution >= 4 is 29.8 Å². The highest BCUT2D eigenvalue weighted by Crippen LogP contribution is 2.17. The lowest BCUT2D eigenvalue weighted by atomic mass is 10.0. The van der Waals surface area contributed by atoms with Crippen LogP contribution >= 0.6 is 0 Å². The van der Waals surface area contributed by atoms with Gasteiger partial charge in [-0.3, -0.25) is 24.0 Å². The van der Waals surface area contributed by atoms with Crippen LogP contribution < -0.4 is 0 Å². The maximum absolute atomic E-state index is 11.4. The molecule has 0 N–H and O–H groups in total. The topological polar surface area (TPSA) is 132 Å². The molecule has 0 aliphatic carbocycles. The van der Waals surface area contributed by atoms with E-state index in [-0.39, 0.29) is 26.1 Å². The van der Waals surface area contributed by atoms with E-state index in [0.717, 1.165) is 13.8 Å². The van der Waals surface area contributed by atoms with Gasteiger partial charge in [0.2, 0.25) is 0 Å². The van der Waals surface area contributed by atoms with Gasteiger partial charge >= 0.3 is 29.8 Å². The zero-order valence-corrected chi connectivity index (χ0v) is 16.1. The molecule has 0 aromatic rings. The summed E-state index contributed by atoms with van der Waals surface area (Å²) in [7, 11) is 0. The van der Waals surface area contributed by atoms with Crippen LogP contribution in [0.5, 0.6) is 0 Å². The molecule has 10 nitrogen and oxygen atoms in total. The number of esters is 5. The Balaban J connectivity index is 5.29. The first-order valence-corrected chi connectivity index (χ1v) is 8.29. The lowest BCUT2D eigenvalue weighted by Crippen LogP contribution is -2.41. The molecule has 0 aromatic carbocycles. The zero-order valence-electron chi connectivity index (χ0n) is 16.1. The van der Waals surface area contributed by atoms with Crippen molar-refractivity contribution in [2.24, 2.45) is 0 Å². The molecule has 0 rings (SSSR count). The molecule has 0 saturated heterocycles. The summed E-state index contributed by atoms with van der Waals surface area (Å²) in [6.45, 7) is 5.54. The van der Waals surface area contributed by atoms with Crippen molar-refractivity contribution in [2.75, 3.05) is 13.2 Å². The van der Waals surface area contributed by atoms with Gasteiger partial charge in [0.1, 0.15) is 18.8 Å². The van der Waals surface area contributed by atoms with Gasteiger partial charge in [0.05, 0.1) is 6.61 Å². The second-order valence-electron chi connectivity index (χ2n) is 5.69. The molecular formula is C17H26O10. The Morgan fingerprint density at radius 1 is 0.630 bits per heavy atom. The van der Waals surface area contributed by atoms with Gasteiger partial charge in [-0.1, -0.05) is 0 Å². The fourth-order valence-electron chi connectivity index (χ4n) is 2.17. The van der Waals surface area contributed by atoms with Crippen LogP contribution in [0.15, 0.2) is 0 Å². The van der Waals surface area contributed by atoms with Gasteiger partial charge in [-0.2, -0.15) is 0 Å². The van der Waals surface area contributed by atoms with Crippen molar-refractivity contribution in [2.45, 2.75) is 65.8 Å². The molecule has 10 heteroatoms. The standard InChI is InChI=1S/C17H26O10/c1-10(18)23-7-6-15(25-12(3)20)8-16(26-13(4)21)17(27-14(5)22)9-24-11(2)19/h15-17H,6-9H2,1-5H3/t15-,16-,17+/m0/s1. The van der Waals surface area contributed by atoms with E-state index < -0.39 is 48.2 Å². The lowest BCUT2D eigenvalue weighted by Gasteiger charge is -2.28. The third-order valence-electron chi connectivity index (χ3n) is 3.07. The monoisotopic (exact) mass is 390 g/mol. The minimum Gasteiger partial charge on any atom is -0.466 e. The predicted molar refractivity (Wildman–Crippen MR) is 89.2 cm³/mol. The smallest absolute Gasteiger partial charge is 0.303 e. The number of carbonyl (C=O) groups is 5. The Bertz CT molecular complexity index is 542. The number of carbonyl (C=O) groups excluding carboxylic acids is 5. The van der Waals surface area contributed by atoms with E-state index in [1.165, 1.54) is 20.8 Å². The van der Waals surface area contributed by atoms with Crippen LogP contribution in [0.4, 0.5) is 0 Å². The summed E-state index contributed by atoms with van der Waals surface area (Å²) in [5.41, 5.74) is 0. The molecule has 0 heterocycles. The van der Waals surface area contributed by atoms with Gasteiger partial charge in [-0.05, 0) is 0 Å². The van der Waals surface area contributed by atoms with E-state index in [4.69, 9.17) is 23.7 Å². The van der Waals surface area contributed by atoms with E-state index in [1.807, 2.05) is 0 Å². The molecule has 0 bridgehead atoms. The summed E-state index contributed by atoms with van der Waals surface area (Å²) in [6.07, 6.45) is -2.85. The summed E-state index contributed by atoms with van der Waals surface area (Å²) >= 11 is 0. The van der Waals surface area contributed by atoms with Gasteiger partial charge in [0, 0.05) is 47.5 Å². The van der Waals surface area contributed by atoms with E-state index >= 15 is 0 Å². The Labute approximate surface area is 157 Å². The van der Waals surface area contributed by atoms with Gasteiger partial charge in [0.25, 0.3) is 0 Å². The predicted octanol–water partition coefficient (Wildman–Crippen LogP) is 0.688. The Kier molecular flexibility index (Phi) is 11.4. The molecule has 0 saturated carbocycles. The van der Waals surface area contributed by atoms with Crippen molar-refractivity contribution in [1.29, 1.82) is 0 Å². The molecule has 0 unspecified atom stereocenters. The fourth-order valence-corrected chi connectivity index (χ4v) is 2.17. The van der Waals surface area contributed by atoms with Crippen molar-refractivity contribution in [3.8, 4) is 0 Å². The van der Waals surface area contributed by atoms with E-state index in [9.17, 15) is 24.0 Å². The van der Waals surface area contributed by atoms with Gasteiger partial charge < -0.3 is 23.7 Å². The van der Waals surface area contributed by atoms with Crippen LogP contribution in [-0.4, -0.2) is 61.4 Å². The van der Waals surface area contributed by atoms with Crippen LogP contribution in [0.1, 0.15) is 47.5 Å². The molecule has 27 heavy (non-hydrogen) atoms. The van der Waals surface area contributed by atoms with Crippen LogP contribution in [-0.2, 0) is 47.7 Å². The first kappa shape index (κ1) is 24.4. The Hall–Kier alpha value is -2.65. The van der Waals surface area contributed by atoms with Crippen LogP contribution in [0, 0.1) is 0 Å². The molecule has 154 valence electrons. The molecule has 0 spiro atoms. The van der Waals surface area contributed by atoms with Crippen LogP contribution in [0.25, 0.3) is 0 Å². The third kappa shape index (κ3) is 13.2. The van der Waals surface area contributed by atoms with Gasteiger partial charge in [-0.15, -0.1) is 0 Å². The molecule has 0 aliphatic heterocycles. The van der Waals surface area contributed by atoms with Crippen molar-refractivity contribution in [3.05, 3.63) is 0 Å². The average Bonchev–Trinajstić information content (AvgIpc) is 2.48. The van der Waals surface area contributed by atoms with Crippen LogP contribution in [0.3, 0.4) is 0 Å². The number of rotatable bonds is 11. The molecule has 0 aromatic heterocycles. The first-order chi connectivity index (χ1) is 12.5. The molecule has 0 aliphatic rings. The summed E-state index contributed by atoms with van der Waals surface area (Å²) < 4.78 is 25.1. The minimum atomic E-state index is -1.10. The van der Waals surface area contributed by atoms with Crippen molar-refractivity contribution < 1.29 is 47.7 Å². The molecule has 0 amide bonds. The molecule has 0 fully saturated rings. The first-order valence-electron chi connectivity index (χ1n) is 8.29. The maximum Gasteiger partial charge on any atom is 0.303 e. The van der Waals surface area contributed by atoms with E-state index in [0.29, 0.717) is 0 Å². The maximum atomic E-state index is 11.4. The molecule has 3 atom stereocenters. The van der Waals surface area contributed by atoms with Crippen molar-refractivity contribution in [1.82, 2.24) is 0 Å². The molecular weight excluding hydrogens is 364 g/mol. The highest BCUT2D eigenvalue weighted by atomic mass is 16.6. The minimum absolute atomic E-state index is 0.0255. The average molecular weight is 390 g/mol. The molecule has 0 radical (unpaired) electrons. The highest BCUT2D eigenvalue weighted by molar-refractivity contribution is 5.68. The summed E-state index contributed by atoms with van der Waals surface area (Å²) in [5.74, 6) is -3.04. The quantitative estimate of drug-likeness (QED) is 0.366. The summed E-state index contributed by atoms with van der Waals surface area (Å²) in [4.78, 5) is 56.1. The lowest BCUT2D eigenvalue weighted by molar-refractivity contribution is -0.177. The number of hydrogen-bond donors (Lipinski definition) is 0. The Morgan fingerprint density at radius 2 is 1.11 bits per heavy atom. The van der Waals surface area contributed by atoms with Crippen molar-refractivity contribution in [3.63, 3.8) is 0 Å². The second kappa shape index (κ2) is 12.7. The second-order valence-corrected chi connectivity index (χ2v) is 5.69. The largest absolute Gasteiger partial charge is 0.466 e. The summed E-state index contributed by atoms with van der Waals surface area (Å²) in [6, 6.07) is 0. The number of ether oxygens (including phenoxy) is 5. The van der Waals surface area contributed by atoms with Gasteiger partial charge in [0.15, 0.2) is 6.10 Å². The zero-order chi connectivity index (χ0) is 21.0. The van der Waals surface area contributed by atoms with E-state index in [1.54, 1.807) is 0 Å².